The van der Waals surface area contributed by atoms with Gasteiger partial charge in [-0.15, -0.1) is 0 Å². The van der Waals surface area contributed by atoms with Crippen LogP contribution in [-0.2, 0) is 4.79 Å². The van der Waals surface area contributed by atoms with Gasteiger partial charge in [0.1, 0.15) is 5.82 Å². The minimum absolute atomic E-state index is 0.161. The molecule has 2 rings (SSSR count). The molecule has 0 saturated heterocycles. The van der Waals surface area contributed by atoms with E-state index in [0.717, 1.165) is 6.07 Å². The summed E-state index contributed by atoms with van der Waals surface area (Å²) in [6.45, 7) is -0.210. The number of carbonyl (C=O) groups excluding carboxylic acids is 2. The van der Waals surface area contributed by atoms with Crippen LogP contribution >= 0.6 is 11.6 Å². The second-order valence-electron chi connectivity index (χ2n) is 4.25. The smallest absolute Gasteiger partial charge is 0.251 e. The Hall–Kier alpha value is -2.40. The fraction of sp³-hybridized carbons (Fsp3) is 0.0667. The molecule has 108 valence electrons. The summed E-state index contributed by atoms with van der Waals surface area (Å²) in [7, 11) is 0. The van der Waals surface area contributed by atoms with Gasteiger partial charge < -0.3 is 10.6 Å². The molecule has 0 heterocycles. The van der Waals surface area contributed by atoms with E-state index in [1.54, 1.807) is 24.3 Å². The van der Waals surface area contributed by atoms with Gasteiger partial charge in [-0.3, -0.25) is 9.59 Å². The Bertz CT molecular complexity index is 659. The molecule has 0 fully saturated rings. The normalized spacial score (nSPS) is 10.0. The molecule has 6 heteroatoms. The van der Waals surface area contributed by atoms with Crippen LogP contribution in [0.3, 0.4) is 0 Å². The number of amides is 2. The van der Waals surface area contributed by atoms with E-state index in [4.69, 9.17) is 11.6 Å². The van der Waals surface area contributed by atoms with Gasteiger partial charge in [0.2, 0.25) is 5.91 Å². The van der Waals surface area contributed by atoms with E-state index in [1.807, 2.05) is 0 Å². The second-order valence-corrected chi connectivity index (χ2v) is 4.68. The molecule has 0 unspecified atom stereocenters. The molecule has 2 aromatic carbocycles. The van der Waals surface area contributed by atoms with E-state index in [0.29, 0.717) is 10.7 Å². The molecule has 0 aliphatic heterocycles. The van der Waals surface area contributed by atoms with Gasteiger partial charge in [-0.1, -0.05) is 17.7 Å². The number of hydrogen-bond acceptors (Lipinski definition) is 2. The molecule has 2 aromatic rings. The summed E-state index contributed by atoms with van der Waals surface area (Å²) < 4.78 is 13.0. The summed E-state index contributed by atoms with van der Waals surface area (Å²) in [6, 6.07) is 11.8. The molecule has 4 nitrogen and oxygen atoms in total. The summed E-state index contributed by atoms with van der Waals surface area (Å²) in [5, 5.41) is 5.58. The second kappa shape index (κ2) is 6.85. The molecular weight excluding hydrogens is 295 g/mol. The highest BCUT2D eigenvalue weighted by Crippen LogP contribution is 2.13. The topological polar surface area (TPSA) is 58.2 Å². The molecule has 2 N–H and O–H groups in total. The van der Waals surface area contributed by atoms with Gasteiger partial charge in [0, 0.05) is 16.3 Å². The van der Waals surface area contributed by atoms with E-state index in [1.165, 1.54) is 18.2 Å². The van der Waals surface area contributed by atoms with Crippen LogP contribution in [-0.4, -0.2) is 18.4 Å². The minimum atomic E-state index is -0.513. The van der Waals surface area contributed by atoms with Crippen molar-refractivity contribution in [2.45, 2.75) is 0 Å². The van der Waals surface area contributed by atoms with Crippen LogP contribution in [0, 0.1) is 5.82 Å². The van der Waals surface area contributed by atoms with Crippen LogP contribution < -0.4 is 10.6 Å². The van der Waals surface area contributed by atoms with Gasteiger partial charge in [0.05, 0.1) is 6.54 Å². The Morgan fingerprint density at radius 2 is 1.81 bits per heavy atom. The van der Waals surface area contributed by atoms with Crippen LogP contribution in [0.25, 0.3) is 0 Å². The van der Waals surface area contributed by atoms with Crippen molar-refractivity contribution in [3.8, 4) is 0 Å². The summed E-state index contributed by atoms with van der Waals surface area (Å²) in [6.07, 6.45) is 0. The third-order valence-corrected chi connectivity index (χ3v) is 2.88. The maximum atomic E-state index is 13.0. The van der Waals surface area contributed by atoms with Crippen molar-refractivity contribution in [1.82, 2.24) is 5.32 Å². The Labute approximate surface area is 125 Å². The van der Waals surface area contributed by atoms with Crippen molar-refractivity contribution >= 4 is 29.1 Å². The lowest BCUT2D eigenvalue weighted by Gasteiger charge is -2.07. The van der Waals surface area contributed by atoms with Crippen molar-refractivity contribution in [3.05, 3.63) is 64.9 Å². The maximum Gasteiger partial charge on any atom is 0.251 e. The van der Waals surface area contributed by atoms with Gasteiger partial charge in [-0.05, 0) is 42.5 Å². The highest BCUT2D eigenvalue weighted by atomic mass is 35.5. The zero-order valence-corrected chi connectivity index (χ0v) is 11.7. The first-order valence-corrected chi connectivity index (χ1v) is 6.51. The highest BCUT2D eigenvalue weighted by molar-refractivity contribution is 6.30. The third kappa shape index (κ3) is 4.57. The quantitative estimate of drug-likeness (QED) is 0.912. The number of benzene rings is 2. The Kier molecular flexibility index (Phi) is 4.90. The molecule has 0 atom stereocenters. The summed E-state index contributed by atoms with van der Waals surface area (Å²) >= 11 is 5.73. The highest BCUT2D eigenvalue weighted by Gasteiger charge is 2.08. The van der Waals surface area contributed by atoms with Crippen molar-refractivity contribution in [2.24, 2.45) is 0 Å². The van der Waals surface area contributed by atoms with Crippen LogP contribution in [0.4, 0.5) is 10.1 Å². The number of hydrogen-bond donors (Lipinski definition) is 2. The van der Waals surface area contributed by atoms with Gasteiger partial charge in [0.25, 0.3) is 5.91 Å². The first-order chi connectivity index (χ1) is 10.0. The Balaban J connectivity index is 1.86. The van der Waals surface area contributed by atoms with Gasteiger partial charge in [-0.25, -0.2) is 4.39 Å². The van der Waals surface area contributed by atoms with E-state index < -0.39 is 11.7 Å². The van der Waals surface area contributed by atoms with Crippen LogP contribution in [0.5, 0.6) is 0 Å². The van der Waals surface area contributed by atoms with Gasteiger partial charge >= 0.3 is 0 Å². The molecule has 0 aliphatic carbocycles. The van der Waals surface area contributed by atoms with E-state index >= 15 is 0 Å². The fourth-order valence-corrected chi connectivity index (χ4v) is 1.76. The Morgan fingerprint density at radius 3 is 2.48 bits per heavy atom. The third-order valence-electron chi connectivity index (χ3n) is 2.62. The summed E-state index contributed by atoms with van der Waals surface area (Å²) in [4.78, 5) is 23.4. The van der Waals surface area contributed by atoms with Crippen molar-refractivity contribution in [1.29, 1.82) is 0 Å². The zero-order valence-electron chi connectivity index (χ0n) is 10.9. The van der Waals surface area contributed by atoms with Crippen molar-refractivity contribution in [3.63, 3.8) is 0 Å². The monoisotopic (exact) mass is 306 g/mol. The molecule has 0 spiro atoms. The average Bonchev–Trinajstić information content (AvgIpc) is 2.47. The first kappa shape index (κ1) is 15.0. The maximum absolute atomic E-state index is 13.0. The summed E-state index contributed by atoms with van der Waals surface area (Å²) in [5.74, 6) is -1.41. The summed E-state index contributed by atoms with van der Waals surface area (Å²) in [5.41, 5.74) is 0.735. The van der Waals surface area contributed by atoms with Crippen LogP contribution in [0.2, 0.25) is 5.02 Å². The van der Waals surface area contributed by atoms with Gasteiger partial charge in [-0.2, -0.15) is 0 Å². The number of rotatable bonds is 4. The number of carbonyl (C=O) groups is 2. The van der Waals surface area contributed by atoms with Gasteiger partial charge in [0.15, 0.2) is 0 Å². The fourth-order valence-electron chi connectivity index (χ4n) is 1.63. The average molecular weight is 307 g/mol. The lowest BCUT2D eigenvalue weighted by molar-refractivity contribution is -0.115. The number of anilines is 1. The number of halogens is 2. The first-order valence-electron chi connectivity index (χ1n) is 6.14. The molecule has 0 bridgehead atoms. The zero-order chi connectivity index (χ0) is 15.2. The van der Waals surface area contributed by atoms with Crippen LogP contribution in [0.15, 0.2) is 48.5 Å². The predicted octanol–water partition coefficient (Wildman–Crippen LogP) is 2.85. The molecule has 0 radical (unpaired) electrons. The largest absolute Gasteiger partial charge is 0.343 e. The molecular formula is C15H12ClFN2O2. The molecule has 2 amide bonds. The molecule has 21 heavy (non-hydrogen) atoms. The molecule has 0 aromatic heterocycles. The Morgan fingerprint density at radius 1 is 1.10 bits per heavy atom. The molecule has 0 aliphatic rings. The standard InChI is InChI=1S/C15H12ClFN2O2/c16-11-4-6-13(7-5-11)19-14(20)9-18-15(21)10-2-1-3-12(17)8-10/h1-8H,9H2,(H,18,21)(H,19,20). The molecule has 0 saturated carbocycles. The lowest BCUT2D eigenvalue weighted by Crippen LogP contribution is -2.32. The number of nitrogens with one attached hydrogen (secondary N) is 2. The SMILES string of the molecule is O=C(CNC(=O)c1cccc(F)c1)Nc1ccc(Cl)cc1. The minimum Gasteiger partial charge on any atom is -0.343 e. The lowest BCUT2D eigenvalue weighted by atomic mass is 10.2. The predicted molar refractivity (Wildman–Crippen MR) is 78.8 cm³/mol. The van der Waals surface area contributed by atoms with E-state index in [-0.39, 0.29) is 18.0 Å². The van der Waals surface area contributed by atoms with E-state index in [2.05, 4.69) is 10.6 Å². The van der Waals surface area contributed by atoms with Crippen LogP contribution in [0.1, 0.15) is 10.4 Å². The van der Waals surface area contributed by atoms with E-state index in [9.17, 15) is 14.0 Å². The van der Waals surface area contributed by atoms with Crippen molar-refractivity contribution in [2.75, 3.05) is 11.9 Å². The van der Waals surface area contributed by atoms with Crippen molar-refractivity contribution < 1.29 is 14.0 Å².